The minimum absolute atomic E-state index is 0.0777. The zero-order valence-electron chi connectivity index (χ0n) is 14.3. The maximum atomic E-state index is 12.9. The van der Waals surface area contributed by atoms with Crippen molar-refractivity contribution >= 4 is 33.2 Å². The average Bonchev–Trinajstić information content (AvgIpc) is 3.14. The first-order valence-electron chi connectivity index (χ1n) is 7.97. The van der Waals surface area contributed by atoms with Gasteiger partial charge in [0.2, 0.25) is 11.8 Å². The molecule has 0 bridgehead atoms. The van der Waals surface area contributed by atoms with E-state index in [1.807, 2.05) is 0 Å². The van der Waals surface area contributed by atoms with Gasteiger partial charge in [0.05, 0.1) is 6.10 Å². The van der Waals surface area contributed by atoms with Crippen LogP contribution < -0.4 is 11.1 Å². The molecule has 1 aromatic rings. The van der Waals surface area contributed by atoms with Crippen LogP contribution in [0.1, 0.15) is 19.8 Å². The Kier molecular flexibility index (Phi) is 6.77. The van der Waals surface area contributed by atoms with Crippen molar-refractivity contribution in [3.63, 3.8) is 0 Å². The number of hydrogen-bond donors (Lipinski definition) is 2. The molecule has 0 radical (unpaired) electrons. The lowest BCUT2D eigenvalue weighted by Crippen LogP contribution is -2.57. The molecule has 2 amide bonds. The van der Waals surface area contributed by atoms with E-state index in [0.717, 1.165) is 15.6 Å². The van der Waals surface area contributed by atoms with Crippen molar-refractivity contribution in [2.75, 3.05) is 13.2 Å². The van der Waals surface area contributed by atoms with E-state index in [1.165, 1.54) is 13.0 Å². The molecule has 0 unspecified atom stereocenters. The van der Waals surface area contributed by atoms with Crippen molar-refractivity contribution in [1.29, 1.82) is 0 Å². The molecule has 1 saturated heterocycles. The van der Waals surface area contributed by atoms with Crippen molar-refractivity contribution in [3.05, 3.63) is 17.5 Å². The maximum Gasteiger partial charge on any atom is 0.253 e. The lowest BCUT2D eigenvalue weighted by Gasteiger charge is -2.37. The Morgan fingerprint density at radius 1 is 1.58 bits per heavy atom. The van der Waals surface area contributed by atoms with Crippen LogP contribution >= 0.6 is 11.3 Å². The fourth-order valence-electron chi connectivity index (χ4n) is 2.66. The molecular formula is C16H21N3O5S2. The van der Waals surface area contributed by atoms with Crippen LogP contribution in [0.25, 0.3) is 0 Å². The van der Waals surface area contributed by atoms with E-state index in [2.05, 4.69) is 11.2 Å². The molecule has 3 atom stereocenters. The standard InChI is InChI=1S/C16H21N3O5S2/c1-3-8-24-12-6-7-19(26(22,23)14-5-4-9-25-14)13(10-12)16(21)18-11(2)15(17)20/h1,4-5,9,11-13H,6-8,10H2,2H3,(H2,17,20)(H,18,21)/t11-,12-,13+/m1/s1. The predicted octanol–water partition coefficient (Wildman–Crippen LogP) is -0.0904. The van der Waals surface area contributed by atoms with E-state index in [9.17, 15) is 18.0 Å². The van der Waals surface area contributed by atoms with Crippen LogP contribution in [0.5, 0.6) is 0 Å². The quantitative estimate of drug-likeness (QED) is 0.621. The Labute approximate surface area is 156 Å². The molecule has 1 aromatic heterocycles. The minimum atomic E-state index is -3.83. The fraction of sp³-hybridized carbons (Fsp3) is 0.500. The smallest absolute Gasteiger partial charge is 0.253 e. The molecule has 1 aliphatic rings. The monoisotopic (exact) mass is 399 g/mol. The van der Waals surface area contributed by atoms with Gasteiger partial charge >= 0.3 is 0 Å². The fourth-order valence-corrected chi connectivity index (χ4v) is 5.39. The first kappa shape index (κ1) is 20.4. The summed E-state index contributed by atoms with van der Waals surface area (Å²) in [7, 11) is -3.83. The lowest BCUT2D eigenvalue weighted by molar-refractivity contribution is -0.131. The van der Waals surface area contributed by atoms with E-state index >= 15 is 0 Å². The summed E-state index contributed by atoms with van der Waals surface area (Å²) in [6, 6.07) is 1.19. The van der Waals surface area contributed by atoms with Crippen LogP contribution in [0.2, 0.25) is 0 Å². The second-order valence-corrected chi connectivity index (χ2v) is 8.92. The van der Waals surface area contributed by atoms with Crippen LogP contribution in [0.15, 0.2) is 21.7 Å². The normalized spacial score (nSPS) is 22.3. The number of nitrogens with two attached hydrogens (primary N) is 1. The molecule has 2 rings (SSSR count). The highest BCUT2D eigenvalue weighted by molar-refractivity contribution is 7.91. The Morgan fingerprint density at radius 3 is 2.88 bits per heavy atom. The molecule has 10 heteroatoms. The second kappa shape index (κ2) is 8.64. The number of nitrogens with zero attached hydrogens (tertiary/aromatic N) is 1. The number of carbonyl (C=O) groups excluding carboxylic acids is 2. The second-order valence-electron chi connectivity index (χ2n) is 5.86. The van der Waals surface area contributed by atoms with Gasteiger partial charge < -0.3 is 15.8 Å². The number of hydrogen-bond acceptors (Lipinski definition) is 6. The van der Waals surface area contributed by atoms with Gasteiger partial charge in [-0.05, 0) is 31.2 Å². The predicted molar refractivity (Wildman–Crippen MR) is 96.6 cm³/mol. The highest BCUT2D eigenvalue weighted by Crippen LogP contribution is 2.29. The minimum Gasteiger partial charge on any atom is -0.368 e. The largest absolute Gasteiger partial charge is 0.368 e. The third-order valence-corrected chi connectivity index (χ3v) is 7.34. The van der Waals surface area contributed by atoms with Crippen molar-refractivity contribution in [2.24, 2.45) is 5.73 Å². The summed E-state index contributed by atoms with van der Waals surface area (Å²) in [5, 5.41) is 4.11. The topological polar surface area (TPSA) is 119 Å². The number of nitrogens with one attached hydrogen (secondary N) is 1. The third kappa shape index (κ3) is 4.62. The van der Waals surface area contributed by atoms with Crippen LogP contribution in [-0.4, -0.2) is 55.9 Å². The molecular weight excluding hydrogens is 378 g/mol. The average molecular weight is 399 g/mol. The van der Waals surface area contributed by atoms with E-state index in [1.54, 1.807) is 11.4 Å². The maximum absolute atomic E-state index is 12.9. The summed E-state index contributed by atoms with van der Waals surface area (Å²) in [6.07, 6.45) is 5.40. The number of ether oxygens (including phenoxy) is 1. The zero-order valence-corrected chi connectivity index (χ0v) is 15.9. The third-order valence-electron chi connectivity index (χ3n) is 4.05. The van der Waals surface area contributed by atoms with Crippen molar-refractivity contribution < 1.29 is 22.7 Å². The summed E-state index contributed by atoms with van der Waals surface area (Å²) in [5.74, 6) is 1.06. The Balaban J connectivity index is 2.26. The number of carbonyl (C=O) groups is 2. The summed E-state index contributed by atoms with van der Waals surface area (Å²) in [5.41, 5.74) is 5.17. The van der Waals surface area contributed by atoms with Gasteiger partial charge in [-0.25, -0.2) is 8.42 Å². The van der Waals surface area contributed by atoms with Gasteiger partial charge in [-0.2, -0.15) is 4.31 Å². The molecule has 8 nitrogen and oxygen atoms in total. The molecule has 0 aliphatic carbocycles. The van der Waals surface area contributed by atoms with Crippen molar-refractivity contribution in [3.8, 4) is 12.3 Å². The first-order chi connectivity index (χ1) is 12.3. The number of piperidine rings is 1. The molecule has 142 valence electrons. The number of primary amides is 1. The van der Waals surface area contributed by atoms with E-state index < -0.39 is 33.9 Å². The van der Waals surface area contributed by atoms with E-state index in [-0.39, 0.29) is 29.9 Å². The molecule has 2 heterocycles. The molecule has 0 saturated carbocycles. The van der Waals surface area contributed by atoms with Crippen LogP contribution in [0, 0.1) is 12.3 Å². The highest BCUT2D eigenvalue weighted by atomic mass is 32.2. The van der Waals surface area contributed by atoms with E-state index in [4.69, 9.17) is 16.9 Å². The highest BCUT2D eigenvalue weighted by Gasteiger charge is 2.41. The van der Waals surface area contributed by atoms with Crippen LogP contribution in [-0.2, 0) is 24.3 Å². The van der Waals surface area contributed by atoms with Gasteiger partial charge in [0, 0.05) is 6.54 Å². The Hall–Kier alpha value is -1.93. The number of thiophene rings is 1. The van der Waals surface area contributed by atoms with Gasteiger partial charge in [0.25, 0.3) is 10.0 Å². The molecule has 0 spiro atoms. The summed E-state index contributed by atoms with van der Waals surface area (Å²) < 4.78 is 32.6. The van der Waals surface area contributed by atoms with Crippen LogP contribution in [0.4, 0.5) is 0 Å². The molecule has 3 N–H and O–H groups in total. The number of rotatable bonds is 7. The van der Waals surface area contributed by atoms with Gasteiger partial charge in [-0.1, -0.05) is 12.0 Å². The van der Waals surface area contributed by atoms with Crippen LogP contribution in [0.3, 0.4) is 0 Å². The molecule has 1 aliphatic heterocycles. The molecule has 26 heavy (non-hydrogen) atoms. The Morgan fingerprint density at radius 2 is 2.31 bits per heavy atom. The molecule has 1 fully saturated rings. The summed E-state index contributed by atoms with van der Waals surface area (Å²) in [4.78, 5) is 23.9. The SMILES string of the molecule is C#CCO[C@@H]1CCN(S(=O)(=O)c2cccs2)[C@H](C(=O)N[C@H](C)C(N)=O)C1. The van der Waals surface area contributed by atoms with Gasteiger partial charge in [0.15, 0.2) is 0 Å². The number of amides is 2. The molecule has 0 aromatic carbocycles. The van der Waals surface area contributed by atoms with E-state index in [0.29, 0.717) is 6.42 Å². The lowest BCUT2D eigenvalue weighted by atomic mass is 10.0. The first-order valence-corrected chi connectivity index (χ1v) is 10.3. The zero-order chi connectivity index (χ0) is 19.3. The summed E-state index contributed by atoms with van der Waals surface area (Å²) >= 11 is 1.08. The van der Waals surface area contributed by atoms with Gasteiger partial charge in [0.1, 0.15) is 22.9 Å². The number of terminal acetylenes is 1. The Bertz CT molecular complexity index is 785. The van der Waals surface area contributed by atoms with Gasteiger partial charge in [-0.15, -0.1) is 17.8 Å². The van der Waals surface area contributed by atoms with Crippen molar-refractivity contribution in [1.82, 2.24) is 9.62 Å². The summed E-state index contributed by atoms with van der Waals surface area (Å²) in [6.45, 7) is 1.63. The van der Waals surface area contributed by atoms with Gasteiger partial charge in [-0.3, -0.25) is 9.59 Å². The number of sulfonamides is 1. The van der Waals surface area contributed by atoms with Crippen molar-refractivity contribution in [2.45, 2.75) is 42.2 Å².